The van der Waals surface area contributed by atoms with E-state index >= 15 is 0 Å². The summed E-state index contributed by atoms with van der Waals surface area (Å²) >= 11 is 0. The summed E-state index contributed by atoms with van der Waals surface area (Å²) in [6, 6.07) is 19.5. The van der Waals surface area contributed by atoms with Crippen molar-refractivity contribution in [3.63, 3.8) is 0 Å². The van der Waals surface area contributed by atoms with Crippen molar-refractivity contribution in [3.8, 4) is 0 Å². The summed E-state index contributed by atoms with van der Waals surface area (Å²) in [6.07, 6.45) is 1.69. The minimum absolute atomic E-state index is 0.333. The third-order valence-electron chi connectivity index (χ3n) is 3.89. The Bertz CT molecular complexity index is 855. The molecule has 0 spiro atoms. The fraction of sp³-hybridized carbons (Fsp3) is 0.0588. The fourth-order valence-corrected chi connectivity index (χ4v) is 2.82. The number of H-pyrrole nitrogens is 1. The van der Waals surface area contributed by atoms with E-state index in [2.05, 4.69) is 15.0 Å². The number of hydrogen-bond acceptors (Lipinski definition) is 5. The van der Waals surface area contributed by atoms with Gasteiger partial charge in [0.1, 0.15) is 5.69 Å². The number of nitrogens with two attached hydrogens (primary N) is 2. The Kier molecular flexibility index (Phi) is 2.92. The van der Waals surface area contributed by atoms with Crippen molar-refractivity contribution >= 4 is 23.7 Å². The first-order valence-electron chi connectivity index (χ1n) is 7.29. The van der Waals surface area contributed by atoms with Gasteiger partial charge in [-0.15, -0.1) is 0 Å². The highest BCUT2D eigenvalue weighted by Gasteiger charge is 2.40. The molecule has 4 rings (SSSR count). The number of nitrogens with one attached hydrogen (secondary N) is 1. The van der Waals surface area contributed by atoms with E-state index in [-0.39, 0.29) is 0 Å². The first-order valence-corrected chi connectivity index (χ1v) is 7.29. The second-order valence-electron chi connectivity index (χ2n) is 5.38. The topological polar surface area (TPSA) is 96.3 Å². The Hall–Kier alpha value is -3.12. The lowest BCUT2D eigenvalue weighted by molar-refractivity contribution is 0.472. The summed E-state index contributed by atoms with van der Waals surface area (Å²) in [5.41, 5.74) is 15.0. The smallest absolute Gasteiger partial charge is 0.217 e. The van der Waals surface area contributed by atoms with Crippen LogP contribution in [0.25, 0.3) is 0 Å². The zero-order chi connectivity index (χ0) is 15.9. The number of nitrogen functional groups attached to an aromatic ring is 1. The van der Waals surface area contributed by atoms with Gasteiger partial charge in [0.05, 0.1) is 6.21 Å². The monoisotopic (exact) mass is 304 g/mol. The lowest BCUT2D eigenvalue weighted by atomic mass is 10.0. The fourth-order valence-electron chi connectivity index (χ4n) is 2.82. The second-order valence-corrected chi connectivity index (χ2v) is 5.38. The third kappa shape index (κ3) is 2.08. The van der Waals surface area contributed by atoms with Gasteiger partial charge in [-0.1, -0.05) is 48.5 Å². The molecule has 6 heteroatoms. The molecular formula is C17H16N6. The van der Waals surface area contributed by atoms with Crippen LogP contribution < -0.4 is 16.4 Å². The maximum Gasteiger partial charge on any atom is 0.217 e. The van der Waals surface area contributed by atoms with E-state index in [1.807, 2.05) is 65.6 Å². The number of para-hydroxylation sites is 1. The minimum atomic E-state index is -1.09. The van der Waals surface area contributed by atoms with Crippen molar-refractivity contribution < 1.29 is 0 Å². The Balaban J connectivity index is 1.95. The highest BCUT2D eigenvalue weighted by Crippen LogP contribution is 2.40. The molecule has 2 heterocycles. The van der Waals surface area contributed by atoms with Crippen LogP contribution >= 0.6 is 0 Å². The van der Waals surface area contributed by atoms with E-state index < -0.39 is 5.79 Å². The zero-order valence-corrected chi connectivity index (χ0v) is 12.3. The highest BCUT2D eigenvalue weighted by molar-refractivity contribution is 5.90. The van der Waals surface area contributed by atoms with Gasteiger partial charge in [-0.2, -0.15) is 4.98 Å². The lowest BCUT2D eigenvalue weighted by Crippen LogP contribution is -2.51. The summed E-state index contributed by atoms with van der Waals surface area (Å²) in [5.74, 6) is -0.0909. The third-order valence-corrected chi connectivity index (χ3v) is 3.89. The molecule has 5 N–H and O–H groups in total. The molecule has 0 fully saturated rings. The Labute approximate surface area is 133 Å². The van der Waals surface area contributed by atoms with Gasteiger partial charge in [-0.05, 0) is 12.1 Å². The van der Waals surface area contributed by atoms with Crippen LogP contribution in [0, 0.1) is 0 Å². The van der Waals surface area contributed by atoms with E-state index in [9.17, 15) is 0 Å². The van der Waals surface area contributed by atoms with Crippen LogP contribution in [0.2, 0.25) is 0 Å². The van der Waals surface area contributed by atoms with Crippen molar-refractivity contribution in [2.24, 2.45) is 10.7 Å². The maximum atomic E-state index is 6.71. The molecule has 2 aromatic carbocycles. The molecule has 0 amide bonds. The van der Waals surface area contributed by atoms with Gasteiger partial charge in [-0.25, -0.2) is 4.99 Å². The molecule has 6 nitrogen and oxygen atoms in total. The van der Waals surface area contributed by atoms with Crippen molar-refractivity contribution in [1.82, 2.24) is 9.97 Å². The molecule has 0 saturated carbocycles. The van der Waals surface area contributed by atoms with Crippen molar-refractivity contribution in [1.29, 1.82) is 0 Å². The Morgan fingerprint density at radius 3 is 2.30 bits per heavy atom. The molecule has 1 aliphatic rings. The van der Waals surface area contributed by atoms with E-state index in [0.29, 0.717) is 11.8 Å². The molecule has 114 valence electrons. The lowest BCUT2D eigenvalue weighted by Gasteiger charge is -2.40. The first kappa shape index (κ1) is 13.5. The number of hydrogen-bond donors (Lipinski definition) is 3. The molecule has 0 radical (unpaired) electrons. The number of aromatic nitrogens is 2. The van der Waals surface area contributed by atoms with Crippen LogP contribution in [-0.2, 0) is 5.79 Å². The quantitative estimate of drug-likeness (QED) is 0.677. The van der Waals surface area contributed by atoms with Gasteiger partial charge < -0.3 is 10.7 Å². The summed E-state index contributed by atoms with van der Waals surface area (Å²) in [7, 11) is 0. The van der Waals surface area contributed by atoms with Gasteiger partial charge in [0.25, 0.3) is 0 Å². The largest absolute Gasteiger partial charge is 0.369 e. The molecule has 0 saturated heterocycles. The predicted molar refractivity (Wildman–Crippen MR) is 91.5 cm³/mol. The van der Waals surface area contributed by atoms with Crippen LogP contribution in [0.15, 0.2) is 65.7 Å². The van der Waals surface area contributed by atoms with Crippen molar-refractivity contribution in [2.45, 2.75) is 5.79 Å². The molecule has 1 atom stereocenters. The van der Waals surface area contributed by atoms with Crippen LogP contribution in [0.5, 0.6) is 0 Å². The van der Waals surface area contributed by atoms with Gasteiger partial charge in [0.2, 0.25) is 5.79 Å². The molecule has 1 aliphatic heterocycles. The highest BCUT2D eigenvalue weighted by atomic mass is 15.4. The van der Waals surface area contributed by atoms with Gasteiger partial charge in [-0.3, -0.25) is 10.6 Å². The maximum absolute atomic E-state index is 6.71. The molecule has 3 aromatic rings. The number of nitrogens with zero attached hydrogens (tertiary/aromatic N) is 3. The van der Waals surface area contributed by atoms with Gasteiger partial charge in [0, 0.05) is 11.3 Å². The van der Waals surface area contributed by atoms with Crippen molar-refractivity contribution in [3.05, 3.63) is 71.9 Å². The normalized spacial score (nSPS) is 19.6. The summed E-state index contributed by atoms with van der Waals surface area (Å²) in [5, 5.41) is 0. The Morgan fingerprint density at radius 2 is 1.61 bits per heavy atom. The molecular weight excluding hydrogens is 288 g/mol. The predicted octanol–water partition coefficient (Wildman–Crippen LogP) is 2.33. The number of benzene rings is 2. The van der Waals surface area contributed by atoms with Gasteiger partial charge >= 0.3 is 0 Å². The summed E-state index contributed by atoms with van der Waals surface area (Å²) in [4.78, 5) is 13.9. The van der Waals surface area contributed by atoms with E-state index in [1.165, 1.54) is 0 Å². The number of aromatic amines is 1. The van der Waals surface area contributed by atoms with Gasteiger partial charge in [0.15, 0.2) is 11.8 Å². The number of rotatable bonds is 2. The van der Waals surface area contributed by atoms with Crippen LogP contribution in [0.4, 0.5) is 17.5 Å². The van der Waals surface area contributed by atoms with Crippen LogP contribution in [-0.4, -0.2) is 16.2 Å². The van der Waals surface area contributed by atoms with Crippen LogP contribution in [0.3, 0.4) is 0 Å². The summed E-state index contributed by atoms with van der Waals surface area (Å²) < 4.78 is 0. The molecule has 1 unspecified atom stereocenters. The van der Waals surface area contributed by atoms with Crippen molar-refractivity contribution in [2.75, 3.05) is 10.6 Å². The standard InChI is InChI=1S/C17H16N6/c18-16-21-14-11-20-17(19,12-7-3-1-4-8-12)23(15(14)22-16)13-9-5-2-6-10-13/h1-11H,19H2,(H3,18,21,22). The second kappa shape index (κ2) is 4.96. The molecule has 0 aliphatic carbocycles. The number of imidazole rings is 1. The first-order chi connectivity index (χ1) is 11.2. The Morgan fingerprint density at radius 1 is 0.957 bits per heavy atom. The number of fused-ring (bicyclic) bond motifs is 1. The van der Waals surface area contributed by atoms with E-state index in [0.717, 1.165) is 16.9 Å². The molecule has 1 aromatic heterocycles. The van der Waals surface area contributed by atoms with Crippen LogP contribution in [0.1, 0.15) is 11.3 Å². The average Bonchev–Trinajstić information content (AvgIpc) is 2.96. The van der Waals surface area contributed by atoms with E-state index in [1.54, 1.807) is 6.21 Å². The number of anilines is 3. The number of aliphatic imine (C=N–C) groups is 1. The molecule has 23 heavy (non-hydrogen) atoms. The molecule has 0 bridgehead atoms. The minimum Gasteiger partial charge on any atom is -0.369 e. The van der Waals surface area contributed by atoms with E-state index in [4.69, 9.17) is 11.5 Å². The average molecular weight is 304 g/mol. The zero-order valence-electron chi connectivity index (χ0n) is 12.3. The summed E-state index contributed by atoms with van der Waals surface area (Å²) in [6.45, 7) is 0. The SMILES string of the molecule is Nc1nc2c([nH]1)C=NC(N)(c1ccccc1)N2c1ccccc1.